The minimum Gasteiger partial charge on any atom is -0.109 e. The summed E-state index contributed by atoms with van der Waals surface area (Å²) in [5.74, 6) is 0. The van der Waals surface area contributed by atoms with Crippen molar-refractivity contribution in [2.45, 2.75) is 0 Å². The molecule has 0 atom stereocenters. The maximum absolute atomic E-state index is 5.58. The van der Waals surface area contributed by atoms with E-state index in [-0.39, 0.29) is 5.34 Å². The molecule has 0 heterocycles. The van der Waals surface area contributed by atoms with Crippen molar-refractivity contribution in [3.63, 3.8) is 0 Å². The second kappa shape index (κ2) is 7.05. The average molecular weight is 232 g/mol. The SMILES string of the molecule is ClCCl.Clc1ccccc1Cl. The molecular formula is C7H6Cl4. The zero-order chi connectivity index (χ0) is 8.69. The Morgan fingerprint density at radius 3 is 1.36 bits per heavy atom. The van der Waals surface area contributed by atoms with E-state index in [4.69, 9.17) is 46.4 Å². The molecule has 0 N–H and O–H groups in total. The van der Waals surface area contributed by atoms with Gasteiger partial charge in [0, 0.05) is 0 Å². The van der Waals surface area contributed by atoms with E-state index in [1.54, 1.807) is 12.1 Å². The third-order valence-electron chi connectivity index (χ3n) is 0.824. The van der Waals surface area contributed by atoms with Gasteiger partial charge in [-0.1, -0.05) is 35.3 Å². The molecule has 0 aliphatic carbocycles. The van der Waals surface area contributed by atoms with Gasteiger partial charge in [0.25, 0.3) is 0 Å². The van der Waals surface area contributed by atoms with E-state index in [0.717, 1.165) is 0 Å². The zero-order valence-corrected chi connectivity index (χ0v) is 8.55. The topological polar surface area (TPSA) is 0 Å². The molecule has 0 nitrogen and oxygen atoms in total. The van der Waals surface area contributed by atoms with Crippen LogP contribution in [-0.2, 0) is 0 Å². The first-order valence-corrected chi connectivity index (χ1v) is 4.56. The molecule has 0 amide bonds. The van der Waals surface area contributed by atoms with Crippen molar-refractivity contribution in [3.05, 3.63) is 34.3 Å². The van der Waals surface area contributed by atoms with Gasteiger partial charge in [0.2, 0.25) is 0 Å². The van der Waals surface area contributed by atoms with Crippen molar-refractivity contribution in [3.8, 4) is 0 Å². The Morgan fingerprint density at radius 2 is 1.18 bits per heavy atom. The second-order valence-electron chi connectivity index (χ2n) is 1.52. The lowest BCUT2D eigenvalue weighted by Gasteiger charge is -1.88. The van der Waals surface area contributed by atoms with Crippen LogP contribution in [0, 0.1) is 0 Å². The standard InChI is InChI=1S/C6H4Cl2.CH2Cl2/c7-5-3-1-2-4-6(5)8;2-1-3/h1-4H;1H2. The van der Waals surface area contributed by atoms with Gasteiger partial charge in [-0.15, -0.1) is 23.2 Å². The molecule has 0 saturated heterocycles. The van der Waals surface area contributed by atoms with Crippen LogP contribution in [0.4, 0.5) is 0 Å². The monoisotopic (exact) mass is 230 g/mol. The molecule has 0 aromatic heterocycles. The molecule has 0 spiro atoms. The predicted molar refractivity (Wildman–Crippen MR) is 53.0 cm³/mol. The van der Waals surface area contributed by atoms with E-state index in [0.29, 0.717) is 10.0 Å². The number of alkyl halides is 2. The summed E-state index contributed by atoms with van der Waals surface area (Å²) in [6.45, 7) is 0. The highest BCUT2D eigenvalue weighted by Gasteiger charge is 1.89. The fraction of sp³-hybridized carbons (Fsp3) is 0.143. The number of halogens is 4. The number of hydrogen-bond acceptors (Lipinski definition) is 0. The largest absolute Gasteiger partial charge is 0.109 e. The molecule has 62 valence electrons. The molecule has 0 aliphatic rings. The molecule has 1 rings (SSSR count). The third kappa shape index (κ3) is 5.63. The highest BCUT2D eigenvalue weighted by molar-refractivity contribution is 6.42. The summed E-state index contributed by atoms with van der Waals surface area (Å²) in [6, 6.07) is 7.19. The summed E-state index contributed by atoms with van der Waals surface area (Å²) >= 11 is 20.7. The molecular weight excluding hydrogens is 226 g/mol. The fourth-order valence-corrected chi connectivity index (χ4v) is 0.711. The molecule has 0 saturated carbocycles. The van der Waals surface area contributed by atoms with E-state index >= 15 is 0 Å². The Morgan fingerprint density at radius 1 is 0.909 bits per heavy atom. The van der Waals surface area contributed by atoms with Crippen LogP contribution in [-0.4, -0.2) is 5.34 Å². The maximum Gasteiger partial charge on any atom is 0.0967 e. The first-order valence-electron chi connectivity index (χ1n) is 2.74. The summed E-state index contributed by atoms with van der Waals surface area (Å²) in [7, 11) is 0. The highest BCUT2D eigenvalue weighted by Crippen LogP contribution is 2.19. The lowest BCUT2D eigenvalue weighted by molar-refractivity contribution is 1.71. The molecule has 0 radical (unpaired) electrons. The van der Waals surface area contributed by atoms with Crippen molar-refractivity contribution < 1.29 is 0 Å². The maximum atomic E-state index is 5.58. The van der Waals surface area contributed by atoms with Crippen molar-refractivity contribution >= 4 is 46.4 Å². The quantitative estimate of drug-likeness (QED) is 0.581. The van der Waals surface area contributed by atoms with Crippen LogP contribution in [0.2, 0.25) is 10.0 Å². The summed E-state index contributed by atoms with van der Waals surface area (Å²) in [6.07, 6.45) is 0. The minimum atomic E-state index is 0.194. The van der Waals surface area contributed by atoms with Gasteiger partial charge in [-0.05, 0) is 12.1 Å². The molecule has 4 heteroatoms. The number of benzene rings is 1. The lowest BCUT2D eigenvalue weighted by Crippen LogP contribution is -1.62. The van der Waals surface area contributed by atoms with Gasteiger partial charge in [-0.2, -0.15) is 0 Å². The van der Waals surface area contributed by atoms with E-state index in [2.05, 4.69) is 0 Å². The van der Waals surface area contributed by atoms with Gasteiger partial charge in [0.15, 0.2) is 0 Å². The Balaban J connectivity index is 0.000000292. The molecule has 1 aromatic carbocycles. The second-order valence-corrected chi connectivity index (χ2v) is 3.14. The molecule has 11 heavy (non-hydrogen) atoms. The van der Waals surface area contributed by atoms with Crippen LogP contribution >= 0.6 is 46.4 Å². The smallest absolute Gasteiger partial charge is 0.0967 e. The number of hydrogen-bond donors (Lipinski definition) is 0. The van der Waals surface area contributed by atoms with Gasteiger partial charge >= 0.3 is 0 Å². The Bertz CT molecular complexity index is 178. The Hall–Kier alpha value is 0.380. The zero-order valence-electron chi connectivity index (χ0n) is 5.53. The summed E-state index contributed by atoms with van der Waals surface area (Å²) in [5.41, 5.74) is 0. The highest BCUT2D eigenvalue weighted by atomic mass is 35.5. The molecule has 0 fully saturated rings. The Kier molecular flexibility index (Phi) is 7.30. The minimum absolute atomic E-state index is 0.194. The molecule has 0 aliphatic heterocycles. The van der Waals surface area contributed by atoms with E-state index in [1.165, 1.54) is 0 Å². The van der Waals surface area contributed by atoms with E-state index < -0.39 is 0 Å². The van der Waals surface area contributed by atoms with Crippen LogP contribution in [0.1, 0.15) is 0 Å². The Labute approximate surface area is 86.0 Å². The van der Waals surface area contributed by atoms with Gasteiger partial charge < -0.3 is 0 Å². The first kappa shape index (κ1) is 11.4. The fourth-order valence-electron chi connectivity index (χ4n) is 0.439. The first-order chi connectivity index (χ1) is 5.22. The summed E-state index contributed by atoms with van der Waals surface area (Å²) in [4.78, 5) is 0. The van der Waals surface area contributed by atoms with Gasteiger partial charge in [0.1, 0.15) is 0 Å². The van der Waals surface area contributed by atoms with Crippen LogP contribution in [0.3, 0.4) is 0 Å². The molecule has 0 unspecified atom stereocenters. The summed E-state index contributed by atoms with van der Waals surface area (Å²) in [5, 5.41) is 1.41. The van der Waals surface area contributed by atoms with Crippen LogP contribution in [0.5, 0.6) is 0 Å². The van der Waals surface area contributed by atoms with E-state index in [1.807, 2.05) is 12.1 Å². The van der Waals surface area contributed by atoms with Crippen molar-refractivity contribution in [2.24, 2.45) is 0 Å². The average Bonchev–Trinajstić information content (AvgIpc) is 1.97. The van der Waals surface area contributed by atoms with Gasteiger partial charge in [-0.25, -0.2) is 0 Å². The lowest BCUT2D eigenvalue weighted by atomic mass is 10.4. The normalized spacial score (nSPS) is 8.36. The van der Waals surface area contributed by atoms with Crippen molar-refractivity contribution in [2.75, 3.05) is 5.34 Å². The van der Waals surface area contributed by atoms with E-state index in [9.17, 15) is 0 Å². The van der Waals surface area contributed by atoms with Crippen molar-refractivity contribution in [1.29, 1.82) is 0 Å². The van der Waals surface area contributed by atoms with Crippen LogP contribution < -0.4 is 0 Å². The van der Waals surface area contributed by atoms with Gasteiger partial charge in [0.05, 0.1) is 15.4 Å². The van der Waals surface area contributed by atoms with Crippen molar-refractivity contribution in [1.82, 2.24) is 0 Å². The molecule has 1 aromatic rings. The number of rotatable bonds is 0. The predicted octanol–water partition coefficient (Wildman–Crippen LogP) is 4.41. The van der Waals surface area contributed by atoms with Crippen LogP contribution in [0.25, 0.3) is 0 Å². The van der Waals surface area contributed by atoms with Crippen LogP contribution in [0.15, 0.2) is 24.3 Å². The van der Waals surface area contributed by atoms with Gasteiger partial charge in [-0.3, -0.25) is 0 Å². The third-order valence-corrected chi connectivity index (χ3v) is 1.58. The molecule has 0 bridgehead atoms. The summed E-state index contributed by atoms with van der Waals surface area (Å²) < 4.78 is 0.